The van der Waals surface area contributed by atoms with E-state index in [0.29, 0.717) is 0 Å². The highest BCUT2D eigenvalue weighted by Crippen LogP contribution is 2.05. The highest BCUT2D eigenvalue weighted by molar-refractivity contribution is 4.73. The zero-order chi connectivity index (χ0) is 10.6. The normalized spacial score (nSPS) is 22.9. The SMILES string of the molecule is CC(C)CN1CCN(CC(C)O)CC1. The van der Waals surface area contributed by atoms with Gasteiger partial charge in [-0.1, -0.05) is 13.8 Å². The average molecular weight is 200 g/mol. The molecular formula is C11H24N2O. The fourth-order valence-electron chi connectivity index (χ4n) is 2.04. The lowest BCUT2D eigenvalue weighted by atomic mass is 10.2. The lowest BCUT2D eigenvalue weighted by Crippen LogP contribution is -2.48. The summed E-state index contributed by atoms with van der Waals surface area (Å²) in [7, 11) is 0. The zero-order valence-electron chi connectivity index (χ0n) is 9.74. The van der Waals surface area contributed by atoms with E-state index < -0.39 is 0 Å². The van der Waals surface area contributed by atoms with E-state index >= 15 is 0 Å². The number of aliphatic hydroxyl groups is 1. The first kappa shape index (κ1) is 12.0. The molecule has 3 heteroatoms. The van der Waals surface area contributed by atoms with Crippen molar-refractivity contribution >= 4 is 0 Å². The molecule has 1 rings (SSSR count). The van der Waals surface area contributed by atoms with Gasteiger partial charge in [0.05, 0.1) is 6.10 Å². The number of aliphatic hydroxyl groups excluding tert-OH is 1. The second-order valence-corrected chi connectivity index (χ2v) is 4.84. The van der Waals surface area contributed by atoms with Crippen LogP contribution in [-0.4, -0.2) is 60.3 Å². The highest BCUT2D eigenvalue weighted by atomic mass is 16.3. The number of β-amino-alcohol motifs (C(OH)–C–C–N with tert-alkyl or cyclic N) is 1. The summed E-state index contributed by atoms with van der Waals surface area (Å²) in [5, 5.41) is 9.26. The van der Waals surface area contributed by atoms with Crippen LogP contribution in [0.3, 0.4) is 0 Å². The van der Waals surface area contributed by atoms with E-state index in [0.717, 1.165) is 38.6 Å². The van der Waals surface area contributed by atoms with E-state index in [2.05, 4.69) is 23.6 Å². The van der Waals surface area contributed by atoms with Gasteiger partial charge in [-0.3, -0.25) is 4.90 Å². The minimum atomic E-state index is -0.188. The van der Waals surface area contributed by atoms with E-state index in [9.17, 15) is 5.11 Å². The van der Waals surface area contributed by atoms with Crippen LogP contribution < -0.4 is 0 Å². The van der Waals surface area contributed by atoms with Crippen LogP contribution in [0.1, 0.15) is 20.8 Å². The Balaban J connectivity index is 2.17. The van der Waals surface area contributed by atoms with Crippen LogP contribution in [0.4, 0.5) is 0 Å². The van der Waals surface area contributed by atoms with Crippen molar-refractivity contribution in [2.45, 2.75) is 26.9 Å². The summed E-state index contributed by atoms with van der Waals surface area (Å²) in [6.07, 6.45) is -0.188. The van der Waals surface area contributed by atoms with Crippen LogP contribution in [0.25, 0.3) is 0 Å². The molecule has 0 amide bonds. The van der Waals surface area contributed by atoms with Crippen LogP contribution >= 0.6 is 0 Å². The Kier molecular flexibility index (Phi) is 4.85. The Bertz CT molecular complexity index is 133. The molecule has 1 aliphatic rings. The van der Waals surface area contributed by atoms with Crippen LogP contribution in [-0.2, 0) is 0 Å². The highest BCUT2D eigenvalue weighted by Gasteiger charge is 2.17. The van der Waals surface area contributed by atoms with Gasteiger partial charge >= 0.3 is 0 Å². The second-order valence-electron chi connectivity index (χ2n) is 4.84. The lowest BCUT2D eigenvalue weighted by molar-refractivity contribution is 0.0764. The smallest absolute Gasteiger partial charge is 0.0639 e. The van der Waals surface area contributed by atoms with E-state index in [1.54, 1.807) is 0 Å². The first-order valence-corrected chi connectivity index (χ1v) is 5.70. The third-order valence-corrected chi connectivity index (χ3v) is 2.61. The number of hydrogen-bond acceptors (Lipinski definition) is 3. The standard InChI is InChI=1S/C11H24N2O/c1-10(2)8-12-4-6-13(7-5-12)9-11(3)14/h10-11,14H,4-9H2,1-3H3. The second kappa shape index (κ2) is 5.69. The molecule has 0 radical (unpaired) electrons. The topological polar surface area (TPSA) is 26.7 Å². The Morgan fingerprint density at radius 2 is 1.36 bits per heavy atom. The van der Waals surface area contributed by atoms with Gasteiger partial charge in [-0.05, 0) is 12.8 Å². The molecule has 0 aromatic rings. The average Bonchev–Trinajstić information content (AvgIpc) is 2.06. The van der Waals surface area contributed by atoms with Gasteiger partial charge < -0.3 is 10.0 Å². The summed E-state index contributed by atoms with van der Waals surface area (Å²) in [5.41, 5.74) is 0. The van der Waals surface area contributed by atoms with Gasteiger partial charge in [-0.15, -0.1) is 0 Å². The molecule has 1 saturated heterocycles. The minimum Gasteiger partial charge on any atom is -0.392 e. The van der Waals surface area contributed by atoms with Crippen LogP contribution in [0.5, 0.6) is 0 Å². The molecule has 0 aromatic carbocycles. The Morgan fingerprint density at radius 3 is 1.71 bits per heavy atom. The molecule has 0 bridgehead atoms. The maximum atomic E-state index is 9.26. The van der Waals surface area contributed by atoms with E-state index in [1.807, 2.05) is 6.92 Å². The first-order valence-electron chi connectivity index (χ1n) is 5.70. The van der Waals surface area contributed by atoms with Gasteiger partial charge in [0.15, 0.2) is 0 Å². The van der Waals surface area contributed by atoms with Gasteiger partial charge in [-0.25, -0.2) is 0 Å². The predicted octanol–water partition coefficient (Wildman–Crippen LogP) is 0.641. The summed E-state index contributed by atoms with van der Waals surface area (Å²) in [6, 6.07) is 0. The van der Waals surface area contributed by atoms with Crippen LogP contribution in [0, 0.1) is 5.92 Å². The summed E-state index contributed by atoms with van der Waals surface area (Å²) in [6.45, 7) is 13.0. The number of rotatable bonds is 4. The molecule has 3 nitrogen and oxygen atoms in total. The summed E-state index contributed by atoms with van der Waals surface area (Å²) in [5.74, 6) is 0.762. The zero-order valence-corrected chi connectivity index (χ0v) is 9.74. The fraction of sp³-hybridized carbons (Fsp3) is 1.00. The molecule has 1 unspecified atom stereocenters. The van der Waals surface area contributed by atoms with Crippen LogP contribution in [0.2, 0.25) is 0 Å². The molecule has 1 N–H and O–H groups in total. The van der Waals surface area contributed by atoms with Crippen molar-refractivity contribution in [2.75, 3.05) is 39.3 Å². The molecule has 1 aliphatic heterocycles. The summed E-state index contributed by atoms with van der Waals surface area (Å²) < 4.78 is 0. The third kappa shape index (κ3) is 4.40. The van der Waals surface area contributed by atoms with Crippen molar-refractivity contribution in [1.82, 2.24) is 9.80 Å². The molecule has 1 fully saturated rings. The predicted molar refractivity (Wildman–Crippen MR) is 59.4 cm³/mol. The monoisotopic (exact) mass is 200 g/mol. The Hall–Kier alpha value is -0.120. The molecule has 84 valence electrons. The van der Waals surface area contributed by atoms with Crippen molar-refractivity contribution in [3.63, 3.8) is 0 Å². The molecule has 1 atom stereocenters. The maximum Gasteiger partial charge on any atom is 0.0639 e. The Morgan fingerprint density at radius 1 is 0.929 bits per heavy atom. The van der Waals surface area contributed by atoms with Gasteiger partial charge in [0, 0.05) is 39.3 Å². The first-order chi connectivity index (χ1) is 6.58. The third-order valence-electron chi connectivity index (χ3n) is 2.61. The van der Waals surface area contributed by atoms with Gasteiger partial charge in [0.25, 0.3) is 0 Å². The summed E-state index contributed by atoms with van der Waals surface area (Å²) >= 11 is 0. The molecule has 0 aromatic heterocycles. The largest absolute Gasteiger partial charge is 0.392 e. The van der Waals surface area contributed by atoms with Crippen molar-refractivity contribution in [2.24, 2.45) is 5.92 Å². The molecular weight excluding hydrogens is 176 g/mol. The van der Waals surface area contributed by atoms with Crippen molar-refractivity contribution in [3.05, 3.63) is 0 Å². The molecule has 0 aliphatic carbocycles. The van der Waals surface area contributed by atoms with Gasteiger partial charge in [-0.2, -0.15) is 0 Å². The maximum absolute atomic E-state index is 9.26. The minimum absolute atomic E-state index is 0.188. The molecule has 14 heavy (non-hydrogen) atoms. The van der Waals surface area contributed by atoms with E-state index in [4.69, 9.17) is 0 Å². The van der Waals surface area contributed by atoms with Crippen molar-refractivity contribution in [1.29, 1.82) is 0 Å². The van der Waals surface area contributed by atoms with Crippen molar-refractivity contribution < 1.29 is 5.11 Å². The number of hydrogen-bond donors (Lipinski definition) is 1. The summed E-state index contributed by atoms with van der Waals surface area (Å²) in [4.78, 5) is 4.87. The quantitative estimate of drug-likeness (QED) is 0.721. The lowest BCUT2D eigenvalue weighted by Gasteiger charge is -2.35. The van der Waals surface area contributed by atoms with E-state index in [-0.39, 0.29) is 6.10 Å². The van der Waals surface area contributed by atoms with E-state index in [1.165, 1.54) is 6.54 Å². The number of piperazine rings is 1. The molecule has 1 heterocycles. The number of nitrogens with zero attached hydrogens (tertiary/aromatic N) is 2. The Labute approximate surface area is 87.7 Å². The molecule has 0 saturated carbocycles. The van der Waals surface area contributed by atoms with Crippen LogP contribution in [0.15, 0.2) is 0 Å². The molecule has 0 spiro atoms. The van der Waals surface area contributed by atoms with Crippen molar-refractivity contribution in [3.8, 4) is 0 Å². The van der Waals surface area contributed by atoms with Gasteiger partial charge in [0.1, 0.15) is 0 Å². The van der Waals surface area contributed by atoms with Gasteiger partial charge in [0.2, 0.25) is 0 Å². The fourth-order valence-corrected chi connectivity index (χ4v) is 2.04.